The van der Waals surface area contributed by atoms with E-state index in [1.807, 2.05) is 0 Å². The molecule has 2 atom stereocenters. The third-order valence-electron chi connectivity index (χ3n) is 2.32. The Morgan fingerprint density at radius 1 is 1.64 bits per heavy atom. The summed E-state index contributed by atoms with van der Waals surface area (Å²) in [6.45, 7) is 3.58. The number of aliphatic hydroxyl groups excluding tert-OH is 1. The van der Waals surface area contributed by atoms with Crippen LogP contribution in [-0.2, 0) is 0 Å². The molecule has 1 aliphatic carbocycles. The fraction of sp³-hybridized carbons (Fsp3) is 0.778. The highest BCUT2D eigenvalue weighted by Gasteiger charge is 2.31. The Bertz CT molecular complexity index is 144. The molecule has 0 spiro atoms. The minimum atomic E-state index is -0.667. The van der Waals surface area contributed by atoms with E-state index < -0.39 is 5.60 Å². The van der Waals surface area contributed by atoms with Gasteiger partial charge in [0.25, 0.3) is 0 Å². The van der Waals surface area contributed by atoms with E-state index in [0.29, 0.717) is 12.8 Å². The van der Waals surface area contributed by atoms with Crippen LogP contribution >= 0.6 is 0 Å². The van der Waals surface area contributed by atoms with E-state index >= 15 is 0 Å². The molecule has 11 heavy (non-hydrogen) atoms. The lowest BCUT2D eigenvalue weighted by molar-refractivity contribution is -0.0426. The predicted octanol–water partition coefficient (Wildman–Crippen LogP) is 1.23. The summed E-state index contributed by atoms with van der Waals surface area (Å²) in [5, 5.41) is 19.1. The van der Waals surface area contributed by atoms with Gasteiger partial charge in [-0.05, 0) is 25.7 Å². The summed E-state index contributed by atoms with van der Waals surface area (Å²) >= 11 is 0. The molecule has 0 bridgehead atoms. The van der Waals surface area contributed by atoms with Crippen LogP contribution in [0.4, 0.5) is 0 Å². The van der Waals surface area contributed by atoms with Crippen molar-refractivity contribution in [3.05, 3.63) is 12.7 Å². The van der Waals surface area contributed by atoms with Gasteiger partial charge in [-0.25, -0.2) is 0 Å². The van der Waals surface area contributed by atoms with Gasteiger partial charge in [0.2, 0.25) is 0 Å². The van der Waals surface area contributed by atoms with Gasteiger partial charge in [-0.2, -0.15) is 0 Å². The Kier molecular flexibility index (Phi) is 2.68. The summed E-state index contributed by atoms with van der Waals surface area (Å²) in [5.74, 6) is 0. The smallest absolute Gasteiger partial charge is 0.0706 e. The Hall–Kier alpha value is -0.340. The molecule has 1 aliphatic rings. The van der Waals surface area contributed by atoms with Crippen molar-refractivity contribution in [2.24, 2.45) is 0 Å². The number of aliphatic hydroxyl groups is 2. The lowest BCUT2D eigenvalue weighted by Crippen LogP contribution is -2.36. The van der Waals surface area contributed by atoms with Crippen LogP contribution < -0.4 is 0 Å². The summed E-state index contributed by atoms with van der Waals surface area (Å²) in [6, 6.07) is 0. The Morgan fingerprint density at radius 3 is 2.91 bits per heavy atom. The van der Waals surface area contributed by atoms with Gasteiger partial charge < -0.3 is 10.2 Å². The van der Waals surface area contributed by atoms with Gasteiger partial charge in [0, 0.05) is 6.42 Å². The average molecular weight is 156 g/mol. The van der Waals surface area contributed by atoms with E-state index in [2.05, 4.69) is 6.58 Å². The summed E-state index contributed by atoms with van der Waals surface area (Å²) in [6.07, 6.45) is 5.08. The van der Waals surface area contributed by atoms with Gasteiger partial charge in [-0.15, -0.1) is 6.58 Å². The SMILES string of the molecule is C=CC[C@]1(O)CCC[C@@H](O)C1. The average Bonchev–Trinajstić information content (AvgIpc) is 1.86. The standard InChI is InChI=1S/C9H16O2/c1-2-5-9(11)6-3-4-8(10)7-9/h2,8,10-11H,1,3-7H2/t8-,9+/m1/s1. The maximum Gasteiger partial charge on any atom is 0.0706 e. The van der Waals surface area contributed by atoms with E-state index in [0.717, 1.165) is 19.3 Å². The molecule has 2 N–H and O–H groups in total. The molecule has 0 unspecified atom stereocenters. The zero-order valence-electron chi connectivity index (χ0n) is 6.79. The number of rotatable bonds is 2. The lowest BCUT2D eigenvalue weighted by Gasteiger charge is -2.33. The molecular formula is C9H16O2. The van der Waals surface area contributed by atoms with Crippen molar-refractivity contribution in [1.82, 2.24) is 0 Å². The minimum absolute atomic E-state index is 0.311. The first-order valence-corrected chi connectivity index (χ1v) is 4.18. The van der Waals surface area contributed by atoms with E-state index in [1.54, 1.807) is 6.08 Å². The van der Waals surface area contributed by atoms with Crippen LogP contribution in [0, 0.1) is 0 Å². The molecule has 1 fully saturated rings. The highest BCUT2D eigenvalue weighted by Crippen LogP contribution is 2.31. The van der Waals surface area contributed by atoms with Crippen molar-refractivity contribution in [1.29, 1.82) is 0 Å². The van der Waals surface area contributed by atoms with Crippen molar-refractivity contribution in [2.75, 3.05) is 0 Å². The van der Waals surface area contributed by atoms with Gasteiger partial charge in [-0.3, -0.25) is 0 Å². The van der Waals surface area contributed by atoms with Gasteiger partial charge in [0.15, 0.2) is 0 Å². The quantitative estimate of drug-likeness (QED) is 0.590. The molecule has 0 saturated heterocycles. The third kappa shape index (κ3) is 2.31. The van der Waals surface area contributed by atoms with E-state index in [9.17, 15) is 10.2 Å². The Balaban J connectivity index is 2.47. The molecule has 0 heterocycles. The third-order valence-corrected chi connectivity index (χ3v) is 2.32. The molecule has 0 amide bonds. The van der Waals surface area contributed by atoms with Crippen LogP contribution in [0.3, 0.4) is 0 Å². The van der Waals surface area contributed by atoms with Crippen LogP contribution in [0.5, 0.6) is 0 Å². The molecule has 0 aromatic heterocycles. The first-order chi connectivity index (χ1) is 5.16. The molecule has 1 saturated carbocycles. The maximum absolute atomic E-state index is 9.81. The Labute approximate surface area is 67.6 Å². The molecule has 2 heteroatoms. The fourth-order valence-electron chi connectivity index (χ4n) is 1.76. The van der Waals surface area contributed by atoms with Crippen LogP contribution in [0.15, 0.2) is 12.7 Å². The van der Waals surface area contributed by atoms with Gasteiger partial charge in [0.1, 0.15) is 0 Å². The topological polar surface area (TPSA) is 40.5 Å². The minimum Gasteiger partial charge on any atom is -0.393 e. The summed E-state index contributed by atoms with van der Waals surface area (Å²) < 4.78 is 0. The van der Waals surface area contributed by atoms with Crippen LogP contribution in [0.1, 0.15) is 32.1 Å². The second-order valence-electron chi connectivity index (χ2n) is 3.47. The van der Waals surface area contributed by atoms with E-state index in [-0.39, 0.29) is 6.10 Å². The highest BCUT2D eigenvalue weighted by molar-refractivity contribution is 4.91. The molecule has 2 nitrogen and oxygen atoms in total. The van der Waals surface area contributed by atoms with E-state index in [4.69, 9.17) is 0 Å². The molecular weight excluding hydrogens is 140 g/mol. The molecule has 0 aromatic carbocycles. The van der Waals surface area contributed by atoms with E-state index in [1.165, 1.54) is 0 Å². The number of hydrogen-bond donors (Lipinski definition) is 2. The number of hydrogen-bond acceptors (Lipinski definition) is 2. The Morgan fingerprint density at radius 2 is 2.36 bits per heavy atom. The van der Waals surface area contributed by atoms with Crippen LogP contribution in [0.2, 0.25) is 0 Å². The zero-order valence-corrected chi connectivity index (χ0v) is 6.79. The molecule has 0 aromatic rings. The zero-order chi connectivity index (χ0) is 8.32. The maximum atomic E-state index is 9.81. The van der Waals surface area contributed by atoms with Gasteiger partial charge in [0.05, 0.1) is 11.7 Å². The molecule has 0 aliphatic heterocycles. The second-order valence-corrected chi connectivity index (χ2v) is 3.47. The molecule has 0 radical (unpaired) electrons. The summed E-state index contributed by atoms with van der Waals surface area (Å²) in [5.41, 5.74) is -0.667. The van der Waals surface area contributed by atoms with Crippen molar-refractivity contribution >= 4 is 0 Å². The largest absolute Gasteiger partial charge is 0.393 e. The first-order valence-electron chi connectivity index (χ1n) is 4.18. The van der Waals surface area contributed by atoms with Crippen molar-refractivity contribution < 1.29 is 10.2 Å². The van der Waals surface area contributed by atoms with Gasteiger partial charge in [-0.1, -0.05) is 6.08 Å². The van der Waals surface area contributed by atoms with Crippen LogP contribution in [-0.4, -0.2) is 21.9 Å². The second kappa shape index (κ2) is 3.37. The predicted molar refractivity (Wildman–Crippen MR) is 44.2 cm³/mol. The molecule has 1 rings (SSSR count). The highest BCUT2D eigenvalue weighted by atomic mass is 16.3. The van der Waals surface area contributed by atoms with Crippen molar-refractivity contribution in [3.8, 4) is 0 Å². The summed E-state index contributed by atoms with van der Waals surface area (Å²) in [4.78, 5) is 0. The monoisotopic (exact) mass is 156 g/mol. The van der Waals surface area contributed by atoms with Gasteiger partial charge >= 0.3 is 0 Å². The van der Waals surface area contributed by atoms with Crippen molar-refractivity contribution in [2.45, 2.75) is 43.8 Å². The molecule has 64 valence electrons. The normalized spacial score (nSPS) is 38.5. The van der Waals surface area contributed by atoms with Crippen LogP contribution in [0.25, 0.3) is 0 Å². The lowest BCUT2D eigenvalue weighted by atomic mass is 9.81. The summed E-state index contributed by atoms with van der Waals surface area (Å²) in [7, 11) is 0. The fourth-order valence-corrected chi connectivity index (χ4v) is 1.76. The van der Waals surface area contributed by atoms with Crippen molar-refractivity contribution in [3.63, 3.8) is 0 Å². The first kappa shape index (κ1) is 8.75.